The molecular formula is C12H14ClNOS. The number of carbonyl (C=O) groups excluding carboxylic acids is 1. The molecule has 1 amide bonds. The number of hydrogen-bond donors (Lipinski definition) is 0. The van der Waals surface area contributed by atoms with Crippen molar-refractivity contribution in [1.29, 1.82) is 0 Å². The molecule has 0 aliphatic carbocycles. The summed E-state index contributed by atoms with van der Waals surface area (Å²) >= 11 is 7.53. The first-order valence-electron chi connectivity index (χ1n) is 5.25. The van der Waals surface area contributed by atoms with E-state index in [0.29, 0.717) is 5.88 Å². The number of thioether (sulfide) groups is 1. The minimum absolute atomic E-state index is 0.0232. The van der Waals surface area contributed by atoms with Gasteiger partial charge in [-0.2, -0.15) is 0 Å². The maximum Gasteiger partial charge on any atom is 0.236 e. The Morgan fingerprint density at radius 1 is 1.44 bits per heavy atom. The van der Waals surface area contributed by atoms with Crippen molar-refractivity contribution in [2.24, 2.45) is 5.92 Å². The maximum atomic E-state index is 11.9. The van der Waals surface area contributed by atoms with E-state index < -0.39 is 0 Å². The zero-order chi connectivity index (χ0) is 11.5. The van der Waals surface area contributed by atoms with Crippen LogP contribution in [0.4, 0.5) is 0 Å². The molecule has 86 valence electrons. The van der Waals surface area contributed by atoms with Gasteiger partial charge in [0.1, 0.15) is 0 Å². The molecule has 0 N–H and O–H groups in total. The number of nitrogens with zero attached hydrogens (tertiary/aromatic N) is 1. The molecule has 1 aliphatic heterocycles. The van der Waals surface area contributed by atoms with Crippen molar-refractivity contribution in [2.75, 3.05) is 19.5 Å². The summed E-state index contributed by atoms with van der Waals surface area (Å²) in [4.78, 5) is 14.8. The Kier molecular flexibility index (Phi) is 3.77. The van der Waals surface area contributed by atoms with Crippen LogP contribution >= 0.6 is 23.4 Å². The third-order valence-electron chi connectivity index (χ3n) is 2.76. The van der Waals surface area contributed by atoms with E-state index in [1.807, 2.05) is 37.4 Å². The van der Waals surface area contributed by atoms with E-state index in [9.17, 15) is 4.79 Å². The molecule has 2 nitrogen and oxygen atoms in total. The van der Waals surface area contributed by atoms with Crippen LogP contribution < -0.4 is 0 Å². The monoisotopic (exact) mass is 255 g/mol. The second-order valence-electron chi connectivity index (χ2n) is 3.98. The van der Waals surface area contributed by atoms with E-state index in [0.717, 1.165) is 11.4 Å². The standard InChI is InChI=1S/C12H14ClNOS/c1-14-8-9(7-13)11(12(14)15)16-10-5-3-2-4-6-10/h2-6,9,11H,7-8H2,1H3/t9-,11+/m0/s1. The first-order chi connectivity index (χ1) is 7.72. The Labute approximate surface area is 105 Å². The summed E-state index contributed by atoms with van der Waals surface area (Å²) in [6.07, 6.45) is 0. The second-order valence-corrected chi connectivity index (χ2v) is 5.51. The largest absolute Gasteiger partial charge is 0.344 e. The normalized spacial score (nSPS) is 25.1. The van der Waals surface area contributed by atoms with Gasteiger partial charge < -0.3 is 4.90 Å². The summed E-state index contributed by atoms with van der Waals surface area (Å²) < 4.78 is 0. The lowest BCUT2D eigenvalue weighted by Gasteiger charge is -2.13. The average molecular weight is 256 g/mol. The van der Waals surface area contributed by atoms with Gasteiger partial charge in [-0.15, -0.1) is 23.4 Å². The zero-order valence-electron chi connectivity index (χ0n) is 9.10. The van der Waals surface area contributed by atoms with E-state index in [2.05, 4.69) is 0 Å². The quantitative estimate of drug-likeness (QED) is 0.774. The van der Waals surface area contributed by atoms with Crippen LogP contribution in [0.15, 0.2) is 35.2 Å². The number of likely N-dealkylation sites (tertiary alicyclic amines) is 1. The maximum absolute atomic E-state index is 11.9. The predicted octanol–water partition coefficient (Wildman–Crippen LogP) is 2.47. The minimum Gasteiger partial charge on any atom is -0.344 e. The third kappa shape index (κ3) is 2.36. The molecule has 4 heteroatoms. The molecule has 0 bridgehead atoms. The molecule has 0 saturated carbocycles. The fraction of sp³-hybridized carbons (Fsp3) is 0.417. The van der Waals surface area contributed by atoms with Crippen LogP contribution in [0, 0.1) is 5.92 Å². The Bertz CT molecular complexity index is 371. The Balaban J connectivity index is 2.11. The fourth-order valence-corrected chi connectivity index (χ4v) is 3.52. The highest BCUT2D eigenvalue weighted by molar-refractivity contribution is 8.00. The number of alkyl halides is 1. The van der Waals surface area contributed by atoms with Crippen molar-refractivity contribution in [2.45, 2.75) is 10.1 Å². The predicted molar refractivity (Wildman–Crippen MR) is 67.9 cm³/mol. The highest BCUT2D eigenvalue weighted by Crippen LogP contribution is 2.34. The average Bonchev–Trinajstić information content (AvgIpc) is 2.58. The lowest BCUT2D eigenvalue weighted by molar-refractivity contribution is -0.126. The van der Waals surface area contributed by atoms with Crippen LogP contribution in [-0.2, 0) is 4.79 Å². The van der Waals surface area contributed by atoms with Gasteiger partial charge in [-0.05, 0) is 12.1 Å². The first-order valence-corrected chi connectivity index (χ1v) is 6.66. The summed E-state index contributed by atoms with van der Waals surface area (Å²) in [5.41, 5.74) is 0. The second kappa shape index (κ2) is 5.11. The Hall–Kier alpha value is -0.670. The van der Waals surface area contributed by atoms with Gasteiger partial charge in [-0.3, -0.25) is 4.79 Å². The van der Waals surface area contributed by atoms with Gasteiger partial charge in [-0.1, -0.05) is 18.2 Å². The molecule has 0 aromatic heterocycles. The van der Waals surface area contributed by atoms with Crippen LogP contribution in [0.1, 0.15) is 0 Å². The number of rotatable bonds is 3. The molecular weight excluding hydrogens is 242 g/mol. The van der Waals surface area contributed by atoms with E-state index >= 15 is 0 Å². The summed E-state index contributed by atoms with van der Waals surface area (Å²) in [5, 5.41) is -0.0232. The number of carbonyl (C=O) groups is 1. The van der Waals surface area contributed by atoms with Gasteiger partial charge in [0.2, 0.25) is 5.91 Å². The lowest BCUT2D eigenvalue weighted by Crippen LogP contribution is -2.24. The molecule has 1 saturated heterocycles. The first kappa shape index (κ1) is 11.8. The molecule has 0 unspecified atom stereocenters. The van der Waals surface area contributed by atoms with Crippen molar-refractivity contribution in [1.82, 2.24) is 4.90 Å². The minimum atomic E-state index is -0.0232. The van der Waals surface area contributed by atoms with Gasteiger partial charge in [0.15, 0.2) is 0 Å². The third-order valence-corrected chi connectivity index (χ3v) is 4.54. The highest BCUT2D eigenvalue weighted by Gasteiger charge is 2.38. The lowest BCUT2D eigenvalue weighted by atomic mass is 10.1. The van der Waals surface area contributed by atoms with Crippen molar-refractivity contribution in [3.05, 3.63) is 30.3 Å². The smallest absolute Gasteiger partial charge is 0.236 e. The molecule has 1 fully saturated rings. The Morgan fingerprint density at radius 3 is 2.75 bits per heavy atom. The van der Waals surface area contributed by atoms with Gasteiger partial charge in [0, 0.05) is 30.3 Å². The number of hydrogen-bond acceptors (Lipinski definition) is 2. The number of halogens is 1. The van der Waals surface area contributed by atoms with Gasteiger partial charge in [0.25, 0.3) is 0 Å². The van der Waals surface area contributed by atoms with Crippen LogP contribution in [0.3, 0.4) is 0 Å². The fourth-order valence-electron chi connectivity index (χ4n) is 1.88. The number of amides is 1. The van der Waals surface area contributed by atoms with E-state index in [4.69, 9.17) is 11.6 Å². The van der Waals surface area contributed by atoms with Crippen LogP contribution in [0.25, 0.3) is 0 Å². The highest BCUT2D eigenvalue weighted by atomic mass is 35.5. The van der Waals surface area contributed by atoms with Crippen molar-refractivity contribution in [3.63, 3.8) is 0 Å². The topological polar surface area (TPSA) is 20.3 Å². The molecule has 2 rings (SSSR count). The van der Waals surface area contributed by atoms with E-state index in [1.165, 1.54) is 0 Å². The summed E-state index contributed by atoms with van der Waals surface area (Å²) in [6.45, 7) is 0.771. The van der Waals surface area contributed by atoms with E-state index in [1.54, 1.807) is 16.7 Å². The molecule has 1 heterocycles. The van der Waals surface area contributed by atoms with E-state index in [-0.39, 0.29) is 17.1 Å². The molecule has 0 spiro atoms. The summed E-state index contributed by atoms with van der Waals surface area (Å²) in [6, 6.07) is 10.0. The van der Waals surface area contributed by atoms with Crippen LogP contribution in [0.2, 0.25) is 0 Å². The van der Waals surface area contributed by atoms with Crippen LogP contribution in [0.5, 0.6) is 0 Å². The van der Waals surface area contributed by atoms with Gasteiger partial charge in [-0.25, -0.2) is 0 Å². The van der Waals surface area contributed by atoms with Gasteiger partial charge in [0.05, 0.1) is 5.25 Å². The molecule has 1 aromatic carbocycles. The van der Waals surface area contributed by atoms with Crippen molar-refractivity contribution < 1.29 is 4.79 Å². The molecule has 1 aromatic rings. The van der Waals surface area contributed by atoms with Gasteiger partial charge >= 0.3 is 0 Å². The Morgan fingerprint density at radius 2 is 2.12 bits per heavy atom. The number of benzene rings is 1. The summed E-state index contributed by atoms with van der Waals surface area (Å²) in [5.74, 6) is 0.990. The molecule has 0 radical (unpaired) electrons. The van der Waals surface area contributed by atoms with Crippen LogP contribution in [-0.4, -0.2) is 35.5 Å². The summed E-state index contributed by atoms with van der Waals surface area (Å²) in [7, 11) is 1.84. The molecule has 16 heavy (non-hydrogen) atoms. The SMILES string of the molecule is CN1C[C@H](CCl)[C@@H](Sc2ccccc2)C1=O. The zero-order valence-corrected chi connectivity index (χ0v) is 10.7. The molecule has 2 atom stereocenters. The van der Waals surface area contributed by atoms with Crippen molar-refractivity contribution in [3.8, 4) is 0 Å². The molecule has 1 aliphatic rings. The van der Waals surface area contributed by atoms with Crippen molar-refractivity contribution >= 4 is 29.3 Å².